The Labute approximate surface area is 69.5 Å². The highest BCUT2D eigenvalue weighted by Crippen LogP contribution is 2.18. The first-order valence-corrected chi connectivity index (χ1v) is 3.35. The number of allylic oxidation sites excluding steroid dienone is 6. The second-order valence-electron chi connectivity index (χ2n) is 2.25. The van der Waals surface area contributed by atoms with E-state index < -0.39 is 0 Å². The maximum atomic E-state index is 12.4. The Bertz CT molecular complexity index is 345. The zero-order chi connectivity index (χ0) is 8.97. The lowest BCUT2D eigenvalue weighted by atomic mass is 10.0. The number of hydrogen-bond acceptors (Lipinski definition) is 2. The second kappa shape index (κ2) is 3.50. The molecule has 0 heterocycles. The van der Waals surface area contributed by atoms with Crippen LogP contribution in [0.25, 0.3) is 0 Å². The van der Waals surface area contributed by atoms with E-state index in [9.17, 15) is 4.39 Å². The standard InChI is InChI=1S/C9H5FN2/c10-9-3-1-7(2-4-9)8(5-11)6-12/h1,3-4H,2H2. The number of nitrogens with zero attached hydrogens (tertiary/aromatic N) is 2. The molecule has 12 heavy (non-hydrogen) atoms. The van der Waals surface area contributed by atoms with Crippen molar-refractivity contribution in [2.24, 2.45) is 0 Å². The third-order valence-electron chi connectivity index (χ3n) is 1.51. The van der Waals surface area contributed by atoms with E-state index in [1.807, 2.05) is 0 Å². The summed E-state index contributed by atoms with van der Waals surface area (Å²) in [6.45, 7) is 0. The predicted molar refractivity (Wildman–Crippen MR) is 41.2 cm³/mol. The highest BCUT2D eigenvalue weighted by atomic mass is 19.1. The van der Waals surface area contributed by atoms with Crippen LogP contribution in [-0.4, -0.2) is 0 Å². The average Bonchev–Trinajstić information content (AvgIpc) is 2.10. The predicted octanol–water partition coefficient (Wildman–Crippen LogP) is 2.14. The third-order valence-corrected chi connectivity index (χ3v) is 1.51. The van der Waals surface area contributed by atoms with Crippen molar-refractivity contribution in [2.75, 3.05) is 0 Å². The van der Waals surface area contributed by atoms with Gasteiger partial charge in [0.2, 0.25) is 0 Å². The van der Waals surface area contributed by atoms with E-state index in [1.165, 1.54) is 18.2 Å². The molecule has 2 nitrogen and oxygen atoms in total. The molecule has 58 valence electrons. The van der Waals surface area contributed by atoms with E-state index in [2.05, 4.69) is 0 Å². The number of hydrogen-bond donors (Lipinski definition) is 0. The number of rotatable bonds is 0. The third kappa shape index (κ3) is 1.59. The van der Waals surface area contributed by atoms with E-state index in [1.54, 1.807) is 12.1 Å². The van der Waals surface area contributed by atoms with Crippen LogP contribution < -0.4 is 0 Å². The minimum atomic E-state index is -0.325. The zero-order valence-electron chi connectivity index (χ0n) is 6.21. The molecular formula is C9H5FN2. The number of nitriles is 2. The molecule has 1 rings (SSSR count). The van der Waals surface area contributed by atoms with Crippen LogP contribution in [0.5, 0.6) is 0 Å². The first kappa shape index (κ1) is 8.23. The molecule has 0 aromatic rings. The van der Waals surface area contributed by atoms with Crippen molar-refractivity contribution in [2.45, 2.75) is 6.42 Å². The molecule has 0 radical (unpaired) electrons. The van der Waals surface area contributed by atoms with Gasteiger partial charge in [0.15, 0.2) is 0 Å². The molecule has 0 saturated heterocycles. The lowest BCUT2D eigenvalue weighted by Gasteiger charge is -2.01. The van der Waals surface area contributed by atoms with Crippen molar-refractivity contribution in [1.29, 1.82) is 10.5 Å². The van der Waals surface area contributed by atoms with E-state index in [4.69, 9.17) is 10.5 Å². The maximum absolute atomic E-state index is 12.4. The highest BCUT2D eigenvalue weighted by molar-refractivity contribution is 5.48. The summed E-state index contributed by atoms with van der Waals surface area (Å²) in [6, 6.07) is 3.50. The van der Waals surface area contributed by atoms with Crippen LogP contribution in [0.15, 0.2) is 35.2 Å². The van der Waals surface area contributed by atoms with Gasteiger partial charge in [-0.25, -0.2) is 4.39 Å². The quantitative estimate of drug-likeness (QED) is 0.509. The molecular weight excluding hydrogens is 155 g/mol. The maximum Gasteiger partial charge on any atom is 0.133 e. The fraction of sp³-hybridized carbons (Fsp3) is 0.111. The highest BCUT2D eigenvalue weighted by Gasteiger charge is 2.05. The smallest absolute Gasteiger partial charge is 0.133 e. The number of halogens is 1. The molecule has 3 heteroatoms. The van der Waals surface area contributed by atoms with Gasteiger partial charge in [0.1, 0.15) is 23.5 Å². The van der Waals surface area contributed by atoms with Crippen molar-refractivity contribution in [3.05, 3.63) is 35.2 Å². The van der Waals surface area contributed by atoms with E-state index in [0.29, 0.717) is 12.0 Å². The van der Waals surface area contributed by atoms with Crippen LogP contribution in [-0.2, 0) is 0 Å². The van der Waals surface area contributed by atoms with Gasteiger partial charge >= 0.3 is 0 Å². The monoisotopic (exact) mass is 160 g/mol. The fourth-order valence-corrected chi connectivity index (χ4v) is 0.878. The lowest BCUT2D eigenvalue weighted by molar-refractivity contribution is 0.659. The second-order valence-corrected chi connectivity index (χ2v) is 2.25. The fourth-order valence-electron chi connectivity index (χ4n) is 0.878. The lowest BCUT2D eigenvalue weighted by Crippen LogP contribution is -1.88. The van der Waals surface area contributed by atoms with Crippen molar-refractivity contribution >= 4 is 0 Å². The first-order valence-electron chi connectivity index (χ1n) is 3.35. The minimum Gasteiger partial charge on any atom is -0.207 e. The molecule has 0 aliphatic heterocycles. The van der Waals surface area contributed by atoms with Crippen LogP contribution >= 0.6 is 0 Å². The van der Waals surface area contributed by atoms with Gasteiger partial charge in [-0.1, -0.05) is 6.08 Å². The summed E-state index contributed by atoms with van der Waals surface area (Å²) >= 11 is 0. The molecule has 0 atom stereocenters. The van der Waals surface area contributed by atoms with Crippen LogP contribution in [0, 0.1) is 22.7 Å². The van der Waals surface area contributed by atoms with E-state index in [0.717, 1.165) is 0 Å². The summed E-state index contributed by atoms with van der Waals surface area (Å²) < 4.78 is 12.4. The molecule has 0 N–H and O–H groups in total. The van der Waals surface area contributed by atoms with Crippen molar-refractivity contribution in [1.82, 2.24) is 0 Å². The Kier molecular flexibility index (Phi) is 2.40. The van der Waals surface area contributed by atoms with Gasteiger partial charge in [0.25, 0.3) is 0 Å². The first-order chi connectivity index (χ1) is 5.77. The molecule has 0 fully saturated rings. The summed E-state index contributed by atoms with van der Waals surface area (Å²) in [5.74, 6) is -0.325. The summed E-state index contributed by atoms with van der Waals surface area (Å²) in [6.07, 6.45) is 4.35. The van der Waals surface area contributed by atoms with E-state index in [-0.39, 0.29) is 11.4 Å². The molecule has 0 amide bonds. The van der Waals surface area contributed by atoms with Crippen molar-refractivity contribution in [3.8, 4) is 12.1 Å². The van der Waals surface area contributed by atoms with Gasteiger partial charge in [-0.05, 0) is 24.1 Å². The van der Waals surface area contributed by atoms with E-state index >= 15 is 0 Å². The largest absolute Gasteiger partial charge is 0.207 e. The van der Waals surface area contributed by atoms with Crippen LogP contribution in [0.4, 0.5) is 4.39 Å². The van der Waals surface area contributed by atoms with Crippen LogP contribution in [0.2, 0.25) is 0 Å². The molecule has 0 spiro atoms. The summed E-state index contributed by atoms with van der Waals surface area (Å²) in [7, 11) is 0. The van der Waals surface area contributed by atoms with Crippen molar-refractivity contribution in [3.63, 3.8) is 0 Å². The average molecular weight is 160 g/mol. The molecule has 1 aliphatic rings. The Morgan fingerprint density at radius 3 is 2.42 bits per heavy atom. The summed E-state index contributed by atoms with van der Waals surface area (Å²) in [4.78, 5) is 0. The van der Waals surface area contributed by atoms with Gasteiger partial charge < -0.3 is 0 Å². The van der Waals surface area contributed by atoms with Gasteiger partial charge in [0, 0.05) is 0 Å². The molecule has 1 aliphatic carbocycles. The Balaban J connectivity index is 2.99. The molecule has 0 aromatic carbocycles. The topological polar surface area (TPSA) is 47.6 Å². The Hall–Kier alpha value is -1.87. The SMILES string of the molecule is N#CC(C#N)=C1C=CC(F)=CC1. The molecule has 0 unspecified atom stereocenters. The van der Waals surface area contributed by atoms with Crippen LogP contribution in [0.1, 0.15) is 6.42 Å². The molecule has 0 saturated carbocycles. The van der Waals surface area contributed by atoms with Gasteiger partial charge in [0.05, 0.1) is 0 Å². The van der Waals surface area contributed by atoms with Gasteiger partial charge in [-0.15, -0.1) is 0 Å². The summed E-state index contributed by atoms with van der Waals surface area (Å²) in [5, 5.41) is 16.9. The van der Waals surface area contributed by atoms with Crippen LogP contribution in [0.3, 0.4) is 0 Å². The Morgan fingerprint density at radius 1 is 1.33 bits per heavy atom. The zero-order valence-corrected chi connectivity index (χ0v) is 6.21. The normalized spacial score (nSPS) is 14.6. The Morgan fingerprint density at radius 2 is 2.00 bits per heavy atom. The van der Waals surface area contributed by atoms with Crippen molar-refractivity contribution < 1.29 is 4.39 Å². The molecule has 0 aromatic heterocycles. The van der Waals surface area contributed by atoms with Gasteiger partial charge in [-0.3, -0.25) is 0 Å². The molecule has 0 bridgehead atoms. The van der Waals surface area contributed by atoms with Gasteiger partial charge in [-0.2, -0.15) is 10.5 Å². The summed E-state index contributed by atoms with van der Waals surface area (Å²) in [5.41, 5.74) is 0.622. The minimum absolute atomic E-state index is 0.0509.